The van der Waals surface area contributed by atoms with E-state index in [1.54, 1.807) is 6.92 Å². The molecule has 6 nitrogen and oxygen atoms in total. The molecular weight excluding hydrogens is 349 g/mol. The van der Waals surface area contributed by atoms with E-state index in [1.807, 2.05) is 0 Å². The highest BCUT2D eigenvalue weighted by molar-refractivity contribution is 6.32. The highest BCUT2D eigenvalue weighted by atomic mass is 35.5. The van der Waals surface area contributed by atoms with E-state index in [9.17, 15) is 9.18 Å². The summed E-state index contributed by atoms with van der Waals surface area (Å²) in [5.74, 6) is 0.438. The van der Waals surface area contributed by atoms with Gasteiger partial charge in [-0.2, -0.15) is 4.98 Å². The van der Waals surface area contributed by atoms with Crippen molar-refractivity contribution in [3.05, 3.63) is 40.8 Å². The first-order chi connectivity index (χ1) is 12.0. The molecule has 1 N–H and O–H groups in total. The second kappa shape index (κ2) is 7.39. The van der Waals surface area contributed by atoms with E-state index >= 15 is 0 Å². The Morgan fingerprint density at radius 1 is 1.40 bits per heavy atom. The van der Waals surface area contributed by atoms with E-state index in [1.165, 1.54) is 12.1 Å². The molecule has 0 unspecified atom stereocenters. The Morgan fingerprint density at radius 2 is 2.16 bits per heavy atom. The Morgan fingerprint density at radius 3 is 2.80 bits per heavy atom. The number of aromatic nitrogens is 2. The number of benzene rings is 1. The summed E-state index contributed by atoms with van der Waals surface area (Å²) >= 11 is 5.90. The molecule has 0 radical (unpaired) electrons. The molecule has 2 aromatic rings. The molecule has 1 fully saturated rings. The fraction of sp³-hybridized carbons (Fsp3) is 0.471. The van der Waals surface area contributed by atoms with Crippen molar-refractivity contribution in [1.82, 2.24) is 15.5 Å². The van der Waals surface area contributed by atoms with E-state index < -0.39 is 11.4 Å². The number of ether oxygens (including phenoxy) is 1. The SMILES string of the molecule is Cc1nc(C2(NC(=O)COc3ccc(F)cc3Cl)CCCCC2)no1. The van der Waals surface area contributed by atoms with Crippen LogP contribution in [0.2, 0.25) is 5.02 Å². The zero-order valence-electron chi connectivity index (χ0n) is 13.8. The van der Waals surface area contributed by atoms with Gasteiger partial charge in [-0.1, -0.05) is 36.0 Å². The summed E-state index contributed by atoms with van der Waals surface area (Å²) in [6.07, 6.45) is 4.54. The molecule has 0 bridgehead atoms. The number of nitrogens with one attached hydrogen (secondary N) is 1. The largest absolute Gasteiger partial charge is 0.482 e. The number of nitrogens with zero attached hydrogens (tertiary/aromatic N) is 2. The van der Waals surface area contributed by atoms with Crippen LogP contribution in [0, 0.1) is 12.7 Å². The van der Waals surface area contributed by atoms with Crippen molar-refractivity contribution in [2.45, 2.75) is 44.6 Å². The van der Waals surface area contributed by atoms with Crippen LogP contribution in [0.25, 0.3) is 0 Å². The number of hydrogen-bond donors (Lipinski definition) is 1. The van der Waals surface area contributed by atoms with E-state index in [-0.39, 0.29) is 23.3 Å². The third-order valence-corrected chi connectivity index (χ3v) is 4.59. The van der Waals surface area contributed by atoms with Crippen molar-refractivity contribution >= 4 is 17.5 Å². The second-order valence-electron chi connectivity index (χ2n) is 6.19. The lowest BCUT2D eigenvalue weighted by Crippen LogP contribution is -2.49. The van der Waals surface area contributed by atoms with Crippen molar-refractivity contribution in [3.63, 3.8) is 0 Å². The predicted octanol–water partition coefficient (Wildman–Crippen LogP) is 3.53. The number of aryl methyl sites for hydroxylation is 1. The molecule has 25 heavy (non-hydrogen) atoms. The molecule has 134 valence electrons. The standard InChI is InChI=1S/C17H19ClFN3O3/c1-11-20-16(22-25-11)17(7-3-2-4-8-17)21-15(23)10-24-14-6-5-12(19)9-13(14)18/h5-6,9H,2-4,7-8,10H2,1H3,(H,21,23). The van der Waals surface area contributed by atoms with Gasteiger partial charge in [0, 0.05) is 6.92 Å². The summed E-state index contributed by atoms with van der Waals surface area (Å²) in [7, 11) is 0. The van der Waals surface area contributed by atoms with Crippen molar-refractivity contribution in [3.8, 4) is 5.75 Å². The van der Waals surface area contributed by atoms with Crippen LogP contribution in [0.15, 0.2) is 22.7 Å². The van der Waals surface area contributed by atoms with Gasteiger partial charge in [0.1, 0.15) is 17.1 Å². The molecule has 0 spiro atoms. The lowest BCUT2D eigenvalue weighted by molar-refractivity contribution is -0.125. The van der Waals surface area contributed by atoms with Crippen LogP contribution < -0.4 is 10.1 Å². The lowest BCUT2D eigenvalue weighted by atomic mass is 9.81. The fourth-order valence-electron chi connectivity index (χ4n) is 3.09. The molecule has 1 aromatic heterocycles. The third kappa shape index (κ3) is 4.10. The van der Waals surface area contributed by atoms with E-state index in [0.717, 1.165) is 38.2 Å². The Labute approximate surface area is 149 Å². The van der Waals surface area contributed by atoms with Gasteiger partial charge in [-0.15, -0.1) is 0 Å². The van der Waals surface area contributed by atoms with Crippen LogP contribution in [-0.2, 0) is 10.3 Å². The molecule has 3 rings (SSSR count). The number of carbonyl (C=O) groups excluding carboxylic acids is 1. The Balaban J connectivity index is 1.68. The van der Waals surface area contributed by atoms with Crippen LogP contribution in [0.1, 0.15) is 43.8 Å². The van der Waals surface area contributed by atoms with E-state index in [2.05, 4.69) is 15.5 Å². The Bertz CT molecular complexity index is 759. The van der Waals surface area contributed by atoms with E-state index in [0.29, 0.717) is 11.7 Å². The summed E-state index contributed by atoms with van der Waals surface area (Å²) < 4.78 is 23.5. The van der Waals surface area contributed by atoms with Crippen molar-refractivity contribution < 1.29 is 18.4 Å². The quantitative estimate of drug-likeness (QED) is 0.874. The molecule has 1 aliphatic rings. The summed E-state index contributed by atoms with van der Waals surface area (Å²) in [5.41, 5.74) is -0.636. The second-order valence-corrected chi connectivity index (χ2v) is 6.60. The summed E-state index contributed by atoms with van der Waals surface area (Å²) in [4.78, 5) is 16.7. The van der Waals surface area contributed by atoms with Crippen LogP contribution in [0.3, 0.4) is 0 Å². The van der Waals surface area contributed by atoms with Crippen molar-refractivity contribution in [2.24, 2.45) is 0 Å². The maximum absolute atomic E-state index is 13.1. The monoisotopic (exact) mass is 367 g/mol. The van der Waals surface area contributed by atoms with Crippen LogP contribution in [0.5, 0.6) is 5.75 Å². The maximum atomic E-state index is 13.1. The smallest absolute Gasteiger partial charge is 0.258 e. The van der Waals surface area contributed by atoms with Gasteiger partial charge in [-0.3, -0.25) is 4.79 Å². The van der Waals surface area contributed by atoms with Crippen LogP contribution >= 0.6 is 11.6 Å². The number of hydrogen-bond acceptors (Lipinski definition) is 5. The topological polar surface area (TPSA) is 77.2 Å². The minimum Gasteiger partial charge on any atom is -0.482 e. The average molecular weight is 368 g/mol. The maximum Gasteiger partial charge on any atom is 0.258 e. The molecule has 1 saturated carbocycles. The zero-order valence-corrected chi connectivity index (χ0v) is 14.6. The van der Waals surface area contributed by atoms with Crippen LogP contribution in [0.4, 0.5) is 4.39 Å². The van der Waals surface area contributed by atoms with Gasteiger partial charge in [0.15, 0.2) is 12.4 Å². The molecule has 1 heterocycles. The van der Waals surface area contributed by atoms with Gasteiger partial charge in [-0.25, -0.2) is 4.39 Å². The normalized spacial score (nSPS) is 16.4. The predicted molar refractivity (Wildman–Crippen MR) is 88.8 cm³/mol. The lowest BCUT2D eigenvalue weighted by Gasteiger charge is -2.35. The fourth-order valence-corrected chi connectivity index (χ4v) is 3.31. The Hall–Kier alpha value is -2.15. The first-order valence-corrected chi connectivity index (χ1v) is 8.56. The summed E-state index contributed by atoms with van der Waals surface area (Å²) in [6.45, 7) is 1.48. The molecule has 1 aromatic carbocycles. The molecule has 0 aliphatic heterocycles. The van der Waals surface area contributed by atoms with Gasteiger partial charge < -0.3 is 14.6 Å². The number of carbonyl (C=O) groups is 1. The van der Waals surface area contributed by atoms with Crippen molar-refractivity contribution in [1.29, 1.82) is 0 Å². The number of halogens is 2. The third-order valence-electron chi connectivity index (χ3n) is 4.29. The first kappa shape index (κ1) is 17.7. The summed E-state index contributed by atoms with van der Waals surface area (Å²) in [5, 5.41) is 7.12. The summed E-state index contributed by atoms with van der Waals surface area (Å²) in [6, 6.07) is 3.76. The number of amides is 1. The molecule has 1 amide bonds. The minimum atomic E-state index is -0.636. The zero-order chi connectivity index (χ0) is 17.9. The highest BCUT2D eigenvalue weighted by Gasteiger charge is 2.39. The van der Waals surface area contributed by atoms with Gasteiger partial charge in [-0.05, 0) is 31.0 Å². The highest BCUT2D eigenvalue weighted by Crippen LogP contribution is 2.35. The van der Waals surface area contributed by atoms with Gasteiger partial charge in [0.25, 0.3) is 5.91 Å². The van der Waals surface area contributed by atoms with E-state index in [4.69, 9.17) is 20.9 Å². The number of rotatable bonds is 5. The molecule has 1 aliphatic carbocycles. The molecular formula is C17H19ClFN3O3. The van der Waals surface area contributed by atoms with Gasteiger partial charge >= 0.3 is 0 Å². The Kier molecular flexibility index (Phi) is 5.22. The minimum absolute atomic E-state index is 0.119. The van der Waals surface area contributed by atoms with Gasteiger partial charge in [0.05, 0.1) is 5.02 Å². The van der Waals surface area contributed by atoms with Gasteiger partial charge in [0.2, 0.25) is 5.89 Å². The molecule has 0 saturated heterocycles. The first-order valence-electron chi connectivity index (χ1n) is 8.18. The van der Waals surface area contributed by atoms with Crippen molar-refractivity contribution in [2.75, 3.05) is 6.61 Å². The van der Waals surface area contributed by atoms with Crippen LogP contribution in [-0.4, -0.2) is 22.7 Å². The molecule has 8 heteroatoms. The molecule has 0 atom stereocenters. The average Bonchev–Trinajstić information content (AvgIpc) is 3.02.